The number of ether oxygens (including phenoxy) is 1. The third-order valence-electron chi connectivity index (χ3n) is 9.36. The number of esters is 1. The van der Waals surface area contributed by atoms with Crippen LogP contribution in [0.1, 0.15) is 54.3 Å². The molecule has 9 nitrogen and oxygen atoms in total. The molecule has 8 atom stereocenters. The fourth-order valence-corrected chi connectivity index (χ4v) is 8.19. The van der Waals surface area contributed by atoms with Crippen LogP contribution < -0.4 is 29.6 Å². The second kappa shape index (κ2) is 10.0. The fraction of sp³-hybridized carbons (Fsp3) is 0.720. The Bertz CT molecular complexity index is 1120. The van der Waals surface area contributed by atoms with Gasteiger partial charge in [-0.1, -0.05) is 32.4 Å². The molecular formula is C25H35NaO9S. The topological polar surface area (TPSA) is 155 Å². The summed E-state index contributed by atoms with van der Waals surface area (Å²) in [6.45, 7) is 5.24. The summed E-state index contributed by atoms with van der Waals surface area (Å²) in [5.41, 5.74) is -2.19. The van der Waals surface area contributed by atoms with Crippen molar-refractivity contribution in [3.05, 3.63) is 23.8 Å². The van der Waals surface area contributed by atoms with E-state index in [0.717, 1.165) is 12.0 Å². The van der Waals surface area contributed by atoms with E-state index in [1.807, 2.05) is 13.0 Å². The minimum Gasteiger partial charge on any atom is -1.00 e. The number of aliphatic hydroxyl groups excluding tert-OH is 1. The normalized spacial score (nSPS) is 41.3. The van der Waals surface area contributed by atoms with Crippen molar-refractivity contribution in [1.82, 2.24) is 0 Å². The molecule has 0 aromatic rings. The van der Waals surface area contributed by atoms with Gasteiger partial charge in [0.1, 0.15) is 5.60 Å². The van der Waals surface area contributed by atoms with E-state index in [1.54, 1.807) is 12.2 Å². The van der Waals surface area contributed by atoms with Crippen molar-refractivity contribution in [3.8, 4) is 0 Å². The first kappa shape index (κ1) is 29.7. The van der Waals surface area contributed by atoms with Gasteiger partial charge in [0.25, 0.3) is 10.1 Å². The number of Topliss-reactive ketones (excluding diaryl/α,β-unsaturated/α-hetero) is 1. The summed E-state index contributed by atoms with van der Waals surface area (Å²) >= 11 is 0. The second-order valence-electron chi connectivity index (χ2n) is 11.3. The fourth-order valence-electron chi connectivity index (χ4n) is 7.76. The van der Waals surface area contributed by atoms with Gasteiger partial charge in [-0.05, 0) is 55.6 Å². The van der Waals surface area contributed by atoms with Gasteiger partial charge in [-0.25, -0.2) is 0 Å². The Kier molecular flexibility index (Phi) is 8.26. The van der Waals surface area contributed by atoms with E-state index in [4.69, 9.17) is 9.29 Å². The third-order valence-corrected chi connectivity index (χ3v) is 10.1. The van der Waals surface area contributed by atoms with Gasteiger partial charge in [0.05, 0.1) is 18.3 Å². The molecule has 0 saturated heterocycles. The van der Waals surface area contributed by atoms with Crippen molar-refractivity contribution in [1.29, 1.82) is 0 Å². The van der Waals surface area contributed by atoms with Crippen molar-refractivity contribution >= 4 is 27.7 Å². The molecule has 3 fully saturated rings. The average Bonchev–Trinajstić information content (AvgIpc) is 3.02. The summed E-state index contributed by atoms with van der Waals surface area (Å²) < 4.78 is 35.3. The number of hydrogen-bond donors (Lipinski definition) is 3. The zero-order valence-corrected chi connectivity index (χ0v) is 24.1. The monoisotopic (exact) mass is 534 g/mol. The van der Waals surface area contributed by atoms with Gasteiger partial charge in [-0.2, -0.15) is 8.42 Å². The van der Waals surface area contributed by atoms with Crippen molar-refractivity contribution in [2.75, 3.05) is 12.4 Å². The molecule has 196 valence electrons. The Morgan fingerprint density at radius 3 is 2.58 bits per heavy atom. The molecule has 4 rings (SSSR count). The van der Waals surface area contributed by atoms with Crippen LogP contribution in [0.5, 0.6) is 0 Å². The smallest absolute Gasteiger partial charge is 1.00 e. The van der Waals surface area contributed by atoms with Gasteiger partial charge >= 0.3 is 35.5 Å². The van der Waals surface area contributed by atoms with Gasteiger partial charge in [0.15, 0.2) is 12.4 Å². The molecule has 0 aromatic carbocycles. The summed E-state index contributed by atoms with van der Waals surface area (Å²) in [5.74, 6) is -2.56. The van der Waals surface area contributed by atoms with Crippen LogP contribution in [0.2, 0.25) is 0 Å². The molecule has 11 heteroatoms. The van der Waals surface area contributed by atoms with Crippen molar-refractivity contribution < 1.29 is 73.3 Å². The molecule has 2 unspecified atom stereocenters. The first-order valence-corrected chi connectivity index (χ1v) is 13.7. The molecule has 0 amide bonds. The van der Waals surface area contributed by atoms with Crippen LogP contribution in [-0.2, 0) is 29.2 Å². The zero-order valence-electron chi connectivity index (χ0n) is 22.3. The van der Waals surface area contributed by atoms with Gasteiger partial charge in [-0.15, -0.1) is 0 Å². The third kappa shape index (κ3) is 4.83. The molecule has 0 aromatic heterocycles. The Morgan fingerprint density at radius 1 is 1.28 bits per heavy atom. The number of rotatable bonds is 6. The number of hydrogen-bond acceptors (Lipinski definition) is 8. The predicted molar refractivity (Wildman–Crippen MR) is 126 cm³/mol. The van der Waals surface area contributed by atoms with Crippen LogP contribution >= 0.6 is 0 Å². The summed E-state index contributed by atoms with van der Waals surface area (Å²) in [4.78, 5) is 37.1. The second-order valence-corrected chi connectivity index (χ2v) is 12.8. The van der Waals surface area contributed by atoms with Crippen LogP contribution in [0.25, 0.3) is 0 Å². The first-order chi connectivity index (χ1) is 16.1. The molecule has 4 aliphatic rings. The van der Waals surface area contributed by atoms with E-state index < -0.39 is 63.2 Å². The molecule has 36 heavy (non-hydrogen) atoms. The SMILES string of the molecule is CC1C[C@@H]2[C@H](C(O)C[C@@]3(C)[C@H]2CC[C@]3(O)C(=O)COC(=O)CCS(=O)(=O)O)[C@@]2(C)C=CC(=O)C=C12.[H-].[Na+]. The van der Waals surface area contributed by atoms with E-state index in [0.29, 0.717) is 6.42 Å². The molecule has 0 spiro atoms. The Hall–Kier alpha value is -0.880. The van der Waals surface area contributed by atoms with E-state index in [2.05, 4.69) is 13.8 Å². The number of allylic oxidation sites excluding steroid dienone is 4. The van der Waals surface area contributed by atoms with Crippen LogP contribution in [0.15, 0.2) is 23.8 Å². The summed E-state index contributed by atoms with van der Waals surface area (Å²) in [6.07, 6.45) is 5.42. The summed E-state index contributed by atoms with van der Waals surface area (Å²) in [6, 6.07) is 0. The summed E-state index contributed by atoms with van der Waals surface area (Å²) in [5, 5.41) is 23.1. The van der Waals surface area contributed by atoms with E-state index in [1.165, 1.54) is 0 Å². The van der Waals surface area contributed by atoms with Crippen LogP contribution in [0.4, 0.5) is 0 Å². The molecule has 3 N–H and O–H groups in total. The van der Waals surface area contributed by atoms with E-state index in [9.17, 15) is 33.0 Å². The maximum Gasteiger partial charge on any atom is 1.00 e. The number of carbonyl (C=O) groups excluding carboxylic acids is 3. The van der Waals surface area contributed by atoms with E-state index in [-0.39, 0.29) is 73.3 Å². The number of ketones is 2. The summed E-state index contributed by atoms with van der Waals surface area (Å²) in [7, 11) is -4.34. The maximum atomic E-state index is 13.2. The van der Waals surface area contributed by atoms with Gasteiger partial charge < -0.3 is 16.4 Å². The molecule has 0 bridgehead atoms. The largest absolute Gasteiger partial charge is 1.00 e. The predicted octanol–water partition coefficient (Wildman–Crippen LogP) is -1.25. The quantitative estimate of drug-likeness (QED) is 0.215. The standard InChI is InChI=1S/C25H34O9S.Na.H/c1-14-10-16-17-5-8-25(30,20(28)13-34-21(29)6-9-35(31,32)33)24(17,3)12-19(27)22(16)23(2)7-4-15(26)11-18(14)23;;/h4,7,11,14,16-17,19,22,27,30H,5-6,8-10,12-13H2,1-3H3,(H,31,32,33);;/q;+1;-1/t14?,16-,17-,19?,22+,23-,24-,25-;;/m0../s1. The molecule has 0 radical (unpaired) electrons. The number of carbonyl (C=O) groups is 3. The number of fused-ring (bicyclic) bond motifs is 5. The number of aliphatic hydroxyl groups is 2. The zero-order chi connectivity index (χ0) is 26.0. The first-order valence-electron chi connectivity index (χ1n) is 12.1. The van der Waals surface area contributed by atoms with Crippen LogP contribution in [-0.4, -0.2) is 64.8 Å². The molecule has 0 aliphatic heterocycles. The van der Waals surface area contributed by atoms with Crippen molar-refractivity contribution in [2.45, 2.75) is 64.6 Å². The molecular weight excluding hydrogens is 499 g/mol. The molecule has 3 saturated carbocycles. The van der Waals surface area contributed by atoms with Crippen LogP contribution in [0.3, 0.4) is 0 Å². The van der Waals surface area contributed by atoms with Crippen molar-refractivity contribution in [3.63, 3.8) is 0 Å². The van der Waals surface area contributed by atoms with Gasteiger partial charge in [0, 0.05) is 16.7 Å². The Balaban J connectivity index is 0.00000241. The van der Waals surface area contributed by atoms with Crippen molar-refractivity contribution in [2.24, 2.45) is 34.5 Å². The van der Waals surface area contributed by atoms with Crippen LogP contribution in [0, 0.1) is 34.5 Å². The molecule has 4 aliphatic carbocycles. The minimum absolute atomic E-state index is 0. The minimum atomic E-state index is -4.34. The average molecular weight is 535 g/mol. The van der Waals surface area contributed by atoms with Gasteiger partial charge in [0.2, 0.25) is 5.78 Å². The van der Waals surface area contributed by atoms with Gasteiger partial charge in [-0.3, -0.25) is 18.9 Å². The maximum absolute atomic E-state index is 13.2. The van der Waals surface area contributed by atoms with E-state index >= 15 is 0 Å². The Labute approximate surface area is 235 Å². The molecule has 0 heterocycles. The Morgan fingerprint density at radius 2 is 1.94 bits per heavy atom.